The van der Waals surface area contributed by atoms with Gasteiger partial charge < -0.3 is 14.2 Å². The van der Waals surface area contributed by atoms with E-state index in [0.717, 1.165) is 34.3 Å². The molecule has 0 fully saturated rings. The zero-order valence-electron chi connectivity index (χ0n) is 13.3. The van der Waals surface area contributed by atoms with Crippen LogP contribution >= 0.6 is 0 Å². The fraction of sp³-hybridized carbons (Fsp3) is 0.200. The van der Waals surface area contributed by atoms with Gasteiger partial charge in [0, 0.05) is 16.6 Å². The van der Waals surface area contributed by atoms with E-state index in [-0.39, 0.29) is 6.61 Å². The summed E-state index contributed by atoms with van der Waals surface area (Å²) in [6.45, 7) is 2.23. The molecule has 1 aromatic carbocycles. The van der Waals surface area contributed by atoms with Crippen molar-refractivity contribution in [3.05, 3.63) is 59.7 Å². The average molecular weight is 305 g/mol. The first-order valence-corrected chi connectivity index (χ1v) is 7.91. The Morgan fingerprint density at radius 1 is 1.09 bits per heavy atom. The Balaban J connectivity index is 2.11. The van der Waals surface area contributed by atoms with Gasteiger partial charge in [-0.2, -0.15) is 0 Å². The van der Waals surface area contributed by atoms with Crippen LogP contribution < -0.4 is 4.74 Å². The second-order valence-corrected chi connectivity index (χ2v) is 5.78. The maximum Gasteiger partial charge on any atom is 0.118 e. The normalized spacial score (nSPS) is 11.6. The van der Waals surface area contributed by atoms with Crippen LogP contribution in [0.25, 0.3) is 27.7 Å². The number of rotatable bonds is 4. The maximum atomic E-state index is 9.82. The fourth-order valence-corrected chi connectivity index (χ4v) is 3.60. The Morgan fingerprint density at radius 2 is 1.87 bits per heavy atom. The van der Waals surface area contributed by atoms with E-state index in [2.05, 4.69) is 47.7 Å². The molecular formula is C20H19NO2. The van der Waals surface area contributed by atoms with Gasteiger partial charge >= 0.3 is 0 Å². The van der Waals surface area contributed by atoms with E-state index in [0.29, 0.717) is 0 Å². The minimum atomic E-state index is 0.0487. The van der Waals surface area contributed by atoms with Crippen molar-refractivity contribution in [1.29, 1.82) is 0 Å². The van der Waals surface area contributed by atoms with Gasteiger partial charge in [-0.05, 0) is 47.9 Å². The molecule has 0 bridgehead atoms. The average Bonchev–Trinajstić information content (AvgIpc) is 3.14. The molecule has 3 aromatic heterocycles. The van der Waals surface area contributed by atoms with Crippen molar-refractivity contribution in [3.63, 3.8) is 0 Å². The molecule has 1 N–H and O–H groups in total. The molecule has 4 aromatic rings. The zero-order valence-corrected chi connectivity index (χ0v) is 13.3. The molecule has 0 radical (unpaired) electrons. The number of aliphatic hydroxyl groups excluding tert-OH is 1. The predicted molar refractivity (Wildman–Crippen MR) is 93.4 cm³/mol. The van der Waals surface area contributed by atoms with Crippen LogP contribution in [-0.2, 0) is 13.0 Å². The van der Waals surface area contributed by atoms with Gasteiger partial charge in [0.15, 0.2) is 0 Å². The molecule has 0 spiro atoms. The number of ether oxygens (including phenoxy) is 1. The molecule has 0 atom stereocenters. The second-order valence-electron chi connectivity index (χ2n) is 5.78. The van der Waals surface area contributed by atoms with Crippen molar-refractivity contribution in [2.75, 3.05) is 7.11 Å². The van der Waals surface area contributed by atoms with Crippen molar-refractivity contribution in [2.45, 2.75) is 20.0 Å². The summed E-state index contributed by atoms with van der Waals surface area (Å²) >= 11 is 0. The summed E-state index contributed by atoms with van der Waals surface area (Å²) in [7, 11) is 1.68. The molecule has 0 aliphatic heterocycles. The van der Waals surface area contributed by atoms with Gasteiger partial charge in [0.2, 0.25) is 0 Å². The van der Waals surface area contributed by atoms with Crippen LogP contribution in [0.5, 0.6) is 5.75 Å². The summed E-state index contributed by atoms with van der Waals surface area (Å²) in [4.78, 5) is 0. The van der Waals surface area contributed by atoms with Gasteiger partial charge in [0.05, 0.1) is 24.8 Å². The highest BCUT2D eigenvalue weighted by Crippen LogP contribution is 2.39. The summed E-state index contributed by atoms with van der Waals surface area (Å²) in [5.41, 5.74) is 8.17. The quantitative estimate of drug-likeness (QED) is 0.611. The maximum absolute atomic E-state index is 9.82. The first-order chi connectivity index (χ1) is 11.3. The number of aryl methyl sites for hydroxylation is 1. The number of hydrogen-bond acceptors (Lipinski definition) is 2. The van der Waals surface area contributed by atoms with Crippen molar-refractivity contribution in [2.24, 2.45) is 0 Å². The Bertz CT molecular complexity index is 967. The number of aliphatic hydroxyl groups is 1. The van der Waals surface area contributed by atoms with E-state index in [1.54, 1.807) is 7.11 Å². The van der Waals surface area contributed by atoms with E-state index in [9.17, 15) is 5.11 Å². The van der Waals surface area contributed by atoms with E-state index >= 15 is 0 Å². The van der Waals surface area contributed by atoms with Gasteiger partial charge in [-0.3, -0.25) is 0 Å². The summed E-state index contributed by atoms with van der Waals surface area (Å²) in [6.07, 6.45) is 0.951. The Labute approximate surface area is 135 Å². The van der Waals surface area contributed by atoms with Crippen LogP contribution in [0.2, 0.25) is 0 Å². The third-order valence-electron chi connectivity index (χ3n) is 4.62. The first-order valence-electron chi connectivity index (χ1n) is 7.91. The summed E-state index contributed by atoms with van der Waals surface area (Å²) in [5.74, 6) is 0.852. The Kier molecular flexibility index (Phi) is 3.24. The molecular weight excluding hydrogens is 286 g/mol. The zero-order chi connectivity index (χ0) is 16.0. The standard InChI is InChI=1S/C20H19NO2/c1-3-17-18-6-4-5-15-11-14(12-22)20(21(15)18)19(17)13-7-9-16(23-2)10-8-13/h4-11,22H,3,12H2,1-2H3. The lowest BCUT2D eigenvalue weighted by molar-refractivity contribution is 0.283. The molecule has 0 aliphatic carbocycles. The summed E-state index contributed by atoms with van der Waals surface area (Å²) in [5, 5.41) is 9.82. The molecule has 23 heavy (non-hydrogen) atoms. The molecule has 0 aliphatic rings. The highest BCUT2D eigenvalue weighted by molar-refractivity contribution is 5.97. The van der Waals surface area contributed by atoms with Gasteiger partial charge in [-0.15, -0.1) is 0 Å². The molecule has 0 saturated heterocycles. The van der Waals surface area contributed by atoms with Crippen molar-refractivity contribution in [3.8, 4) is 16.9 Å². The highest BCUT2D eigenvalue weighted by atomic mass is 16.5. The van der Waals surface area contributed by atoms with Crippen molar-refractivity contribution >= 4 is 16.6 Å². The number of pyridine rings is 1. The summed E-state index contributed by atoms with van der Waals surface area (Å²) in [6, 6.07) is 16.6. The van der Waals surface area contributed by atoms with Crippen LogP contribution in [0.15, 0.2) is 48.5 Å². The van der Waals surface area contributed by atoms with Crippen LogP contribution in [0.4, 0.5) is 0 Å². The van der Waals surface area contributed by atoms with Gasteiger partial charge in [-0.25, -0.2) is 0 Å². The smallest absolute Gasteiger partial charge is 0.118 e. The largest absolute Gasteiger partial charge is 0.497 e. The molecule has 0 unspecified atom stereocenters. The molecule has 0 amide bonds. The van der Waals surface area contributed by atoms with Gasteiger partial charge in [0.1, 0.15) is 5.75 Å². The van der Waals surface area contributed by atoms with Gasteiger partial charge in [-0.1, -0.05) is 25.1 Å². The molecule has 3 heteroatoms. The Hall–Kier alpha value is -2.52. The Morgan fingerprint density at radius 3 is 2.52 bits per heavy atom. The monoisotopic (exact) mass is 305 g/mol. The molecule has 0 saturated carbocycles. The molecule has 3 nitrogen and oxygen atoms in total. The SMILES string of the molecule is CCc1c(-c2ccc(OC)cc2)c2c(CO)cc3cccc1n32. The lowest BCUT2D eigenvalue weighted by atomic mass is 9.98. The number of nitrogens with zero attached hydrogens (tertiary/aromatic N) is 1. The van der Waals surface area contributed by atoms with Crippen LogP contribution in [-0.4, -0.2) is 16.6 Å². The van der Waals surface area contributed by atoms with Crippen LogP contribution in [0.3, 0.4) is 0 Å². The number of methoxy groups -OCH3 is 1. The number of aromatic nitrogens is 1. The summed E-state index contributed by atoms with van der Waals surface area (Å²) < 4.78 is 7.54. The van der Waals surface area contributed by atoms with Crippen molar-refractivity contribution in [1.82, 2.24) is 4.40 Å². The van der Waals surface area contributed by atoms with E-state index in [1.165, 1.54) is 16.6 Å². The third-order valence-corrected chi connectivity index (χ3v) is 4.62. The lowest BCUT2D eigenvalue weighted by Gasteiger charge is -2.06. The van der Waals surface area contributed by atoms with E-state index < -0.39 is 0 Å². The number of hydrogen-bond donors (Lipinski definition) is 1. The topological polar surface area (TPSA) is 33.9 Å². The second kappa shape index (κ2) is 5.28. The lowest BCUT2D eigenvalue weighted by Crippen LogP contribution is -1.87. The predicted octanol–water partition coefficient (Wildman–Crippen LogP) is 4.26. The fourth-order valence-electron chi connectivity index (χ4n) is 3.60. The van der Waals surface area contributed by atoms with E-state index in [4.69, 9.17) is 4.74 Å². The van der Waals surface area contributed by atoms with Crippen molar-refractivity contribution < 1.29 is 9.84 Å². The van der Waals surface area contributed by atoms with E-state index in [1.807, 2.05) is 12.1 Å². The van der Waals surface area contributed by atoms with Crippen LogP contribution in [0.1, 0.15) is 18.1 Å². The molecule has 4 rings (SSSR count). The number of benzene rings is 1. The van der Waals surface area contributed by atoms with Gasteiger partial charge in [0.25, 0.3) is 0 Å². The minimum Gasteiger partial charge on any atom is -0.497 e. The van der Waals surface area contributed by atoms with Crippen LogP contribution in [0, 0.1) is 0 Å². The minimum absolute atomic E-state index is 0.0487. The first kappa shape index (κ1) is 14.1. The molecule has 3 heterocycles. The molecule has 116 valence electrons. The third kappa shape index (κ3) is 1.93. The highest BCUT2D eigenvalue weighted by Gasteiger charge is 2.20.